The van der Waals surface area contributed by atoms with Crippen molar-refractivity contribution < 1.29 is 23.0 Å². The van der Waals surface area contributed by atoms with Crippen molar-refractivity contribution in [3.05, 3.63) is 71.9 Å². The maximum Gasteiger partial charge on any atom is 0.329 e. The van der Waals surface area contributed by atoms with E-state index in [0.717, 1.165) is 12.8 Å². The van der Waals surface area contributed by atoms with Crippen molar-refractivity contribution in [2.75, 3.05) is 5.32 Å². The Labute approximate surface area is 213 Å². The molecule has 2 atom stereocenters. The molecular weight excluding hydrogens is 477 g/mol. The SMILES string of the molecule is CC(C)c1nc(-c2ccc(O[C@](F)(c3nc(NC(=O)c4ccccc4)no3)C(C)CC3CC3)cc2)no1. The third-order valence-corrected chi connectivity index (χ3v) is 6.31. The number of hydrogen-bond donors (Lipinski definition) is 1. The number of carbonyl (C=O) groups excluding carboxylic acids is 1. The van der Waals surface area contributed by atoms with Crippen LogP contribution in [0.5, 0.6) is 5.75 Å². The molecule has 1 N–H and O–H groups in total. The molecular formula is C27H28FN5O4. The summed E-state index contributed by atoms with van der Waals surface area (Å²) in [4.78, 5) is 21.0. The van der Waals surface area contributed by atoms with Crippen molar-refractivity contribution >= 4 is 11.9 Å². The minimum atomic E-state index is -2.40. The van der Waals surface area contributed by atoms with Crippen LogP contribution in [-0.2, 0) is 5.85 Å². The van der Waals surface area contributed by atoms with Crippen molar-refractivity contribution in [2.24, 2.45) is 11.8 Å². The van der Waals surface area contributed by atoms with E-state index in [-0.39, 0.29) is 23.5 Å². The van der Waals surface area contributed by atoms with E-state index in [0.29, 0.717) is 35.2 Å². The Morgan fingerprint density at radius 1 is 1.05 bits per heavy atom. The number of halogens is 1. The van der Waals surface area contributed by atoms with Gasteiger partial charge in [0.25, 0.3) is 11.9 Å². The maximum absolute atomic E-state index is 16.6. The highest BCUT2D eigenvalue weighted by atomic mass is 19.2. The molecule has 0 saturated heterocycles. The van der Waals surface area contributed by atoms with Crippen LogP contribution < -0.4 is 10.1 Å². The van der Waals surface area contributed by atoms with E-state index in [1.807, 2.05) is 13.8 Å². The fourth-order valence-electron chi connectivity index (χ4n) is 3.97. The minimum Gasteiger partial charge on any atom is -0.449 e. The molecule has 1 aliphatic rings. The van der Waals surface area contributed by atoms with Crippen LogP contribution in [0.15, 0.2) is 63.6 Å². The fourth-order valence-corrected chi connectivity index (χ4v) is 3.97. The second-order valence-electron chi connectivity index (χ2n) is 9.71. The summed E-state index contributed by atoms with van der Waals surface area (Å²) in [7, 11) is 0. The van der Waals surface area contributed by atoms with Crippen LogP contribution in [-0.4, -0.2) is 26.2 Å². The Morgan fingerprint density at radius 3 is 2.43 bits per heavy atom. The largest absolute Gasteiger partial charge is 0.449 e. The number of anilines is 1. The van der Waals surface area contributed by atoms with E-state index in [4.69, 9.17) is 13.8 Å². The van der Waals surface area contributed by atoms with Crippen LogP contribution in [0.2, 0.25) is 0 Å². The second-order valence-corrected chi connectivity index (χ2v) is 9.71. The normalized spacial score (nSPS) is 15.8. The molecule has 1 amide bonds. The highest BCUT2D eigenvalue weighted by Gasteiger charge is 2.48. The Bertz CT molecular complexity index is 1350. The van der Waals surface area contributed by atoms with Gasteiger partial charge >= 0.3 is 11.7 Å². The molecule has 2 aromatic heterocycles. The van der Waals surface area contributed by atoms with Crippen LogP contribution in [0.1, 0.15) is 68.1 Å². The van der Waals surface area contributed by atoms with Gasteiger partial charge in [0.15, 0.2) is 0 Å². The number of nitrogens with one attached hydrogen (secondary N) is 1. The lowest BCUT2D eigenvalue weighted by Gasteiger charge is -2.28. The molecule has 37 heavy (non-hydrogen) atoms. The van der Waals surface area contributed by atoms with Gasteiger partial charge in [-0.15, -0.1) is 0 Å². The van der Waals surface area contributed by atoms with E-state index in [1.165, 1.54) is 0 Å². The topological polar surface area (TPSA) is 116 Å². The zero-order chi connectivity index (χ0) is 26.0. The molecule has 1 saturated carbocycles. The smallest absolute Gasteiger partial charge is 0.329 e. The summed E-state index contributed by atoms with van der Waals surface area (Å²) < 4.78 is 33.0. The zero-order valence-corrected chi connectivity index (χ0v) is 20.8. The van der Waals surface area contributed by atoms with Gasteiger partial charge in [-0.3, -0.25) is 10.1 Å². The average Bonchev–Trinajstić information content (AvgIpc) is 3.36. The van der Waals surface area contributed by atoms with E-state index >= 15 is 4.39 Å². The summed E-state index contributed by atoms with van der Waals surface area (Å²) in [6.45, 7) is 5.69. The van der Waals surface area contributed by atoms with Crippen molar-refractivity contribution in [1.29, 1.82) is 0 Å². The van der Waals surface area contributed by atoms with Gasteiger partial charge in [0.2, 0.25) is 11.7 Å². The van der Waals surface area contributed by atoms with Gasteiger partial charge in [-0.25, -0.2) is 0 Å². The first-order chi connectivity index (χ1) is 17.8. The van der Waals surface area contributed by atoms with Gasteiger partial charge in [0, 0.05) is 23.0 Å². The summed E-state index contributed by atoms with van der Waals surface area (Å²) in [5.74, 6) is -2.10. The summed E-state index contributed by atoms with van der Waals surface area (Å²) in [5, 5.41) is 10.3. The van der Waals surface area contributed by atoms with Crippen LogP contribution in [0.25, 0.3) is 11.4 Å². The highest BCUT2D eigenvalue weighted by molar-refractivity contribution is 6.03. The quantitative estimate of drug-likeness (QED) is 0.273. The number of ether oxygens (including phenoxy) is 1. The first-order valence-electron chi connectivity index (χ1n) is 12.3. The lowest BCUT2D eigenvalue weighted by Crippen LogP contribution is -2.36. The summed E-state index contributed by atoms with van der Waals surface area (Å²) in [6, 6.07) is 15.3. The van der Waals surface area contributed by atoms with Gasteiger partial charge in [-0.05, 0) is 53.9 Å². The fraction of sp³-hybridized carbons (Fsp3) is 0.370. The molecule has 0 bridgehead atoms. The van der Waals surface area contributed by atoms with Gasteiger partial charge in [-0.1, -0.05) is 57.0 Å². The predicted octanol–water partition coefficient (Wildman–Crippen LogP) is 6.13. The molecule has 5 rings (SSSR count). The number of amides is 1. The Morgan fingerprint density at radius 2 is 1.78 bits per heavy atom. The van der Waals surface area contributed by atoms with Crippen molar-refractivity contribution in [2.45, 2.75) is 51.8 Å². The average molecular weight is 506 g/mol. The maximum atomic E-state index is 16.6. The third-order valence-electron chi connectivity index (χ3n) is 6.31. The molecule has 1 fully saturated rings. The standard InChI is InChI=1S/C27H28FN5O4/c1-16(2)24-29-22(32-36-24)19-11-13-21(14-12-19)35-27(28,17(3)15-18-9-10-18)25-31-26(33-37-25)30-23(34)20-7-5-4-6-8-20/h4-8,11-14,16-18H,9-10,15H2,1-3H3,(H,30,33,34)/t17?,27-/m0/s1. The Balaban J connectivity index is 1.36. The third kappa shape index (κ3) is 5.52. The lowest BCUT2D eigenvalue weighted by atomic mass is 9.95. The monoisotopic (exact) mass is 505 g/mol. The molecule has 10 heteroatoms. The Kier molecular flexibility index (Phi) is 6.73. The first-order valence-corrected chi connectivity index (χ1v) is 12.3. The van der Waals surface area contributed by atoms with E-state index in [9.17, 15) is 4.79 Å². The van der Waals surface area contributed by atoms with Crippen LogP contribution >= 0.6 is 0 Å². The highest BCUT2D eigenvalue weighted by Crippen LogP contribution is 2.44. The van der Waals surface area contributed by atoms with Gasteiger partial charge in [-0.2, -0.15) is 14.4 Å². The van der Waals surface area contributed by atoms with E-state index in [2.05, 4.69) is 25.6 Å². The van der Waals surface area contributed by atoms with Crippen molar-refractivity contribution in [3.8, 4) is 17.1 Å². The van der Waals surface area contributed by atoms with E-state index < -0.39 is 17.7 Å². The molecule has 4 aromatic rings. The molecule has 192 valence electrons. The molecule has 2 heterocycles. The van der Waals surface area contributed by atoms with Crippen LogP contribution in [0.3, 0.4) is 0 Å². The predicted molar refractivity (Wildman–Crippen MR) is 132 cm³/mol. The van der Waals surface area contributed by atoms with Gasteiger partial charge in [0.05, 0.1) is 0 Å². The molecule has 0 spiro atoms. The number of benzene rings is 2. The van der Waals surface area contributed by atoms with Crippen molar-refractivity contribution in [1.82, 2.24) is 20.3 Å². The summed E-state index contributed by atoms with van der Waals surface area (Å²) in [5.41, 5.74) is 1.13. The number of carbonyl (C=O) groups is 1. The first kappa shape index (κ1) is 24.6. The second kappa shape index (κ2) is 10.1. The molecule has 0 aliphatic heterocycles. The molecule has 0 radical (unpaired) electrons. The number of nitrogens with zero attached hydrogens (tertiary/aromatic N) is 4. The number of aromatic nitrogens is 4. The minimum absolute atomic E-state index is 0.112. The molecule has 1 aliphatic carbocycles. The van der Waals surface area contributed by atoms with Gasteiger partial charge in [0.1, 0.15) is 5.75 Å². The number of alkyl halides is 1. The molecule has 1 unspecified atom stereocenters. The number of rotatable bonds is 10. The van der Waals surface area contributed by atoms with Crippen LogP contribution in [0, 0.1) is 11.8 Å². The van der Waals surface area contributed by atoms with Crippen LogP contribution in [0.4, 0.5) is 10.3 Å². The number of hydrogen-bond acceptors (Lipinski definition) is 8. The molecule has 2 aromatic carbocycles. The van der Waals surface area contributed by atoms with Gasteiger partial charge < -0.3 is 13.8 Å². The lowest BCUT2D eigenvalue weighted by molar-refractivity contribution is -0.139. The summed E-state index contributed by atoms with van der Waals surface area (Å²) in [6.07, 6.45) is 2.71. The molecule has 9 nitrogen and oxygen atoms in total. The zero-order valence-electron chi connectivity index (χ0n) is 20.8. The van der Waals surface area contributed by atoms with E-state index in [1.54, 1.807) is 61.5 Å². The van der Waals surface area contributed by atoms with Crippen molar-refractivity contribution in [3.63, 3.8) is 0 Å². The summed E-state index contributed by atoms with van der Waals surface area (Å²) >= 11 is 0. The Hall–Kier alpha value is -4.08.